The summed E-state index contributed by atoms with van der Waals surface area (Å²) in [5.41, 5.74) is 1.72. The zero-order valence-corrected chi connectivity index (χ0v) is 9.83. The summed E-state index contributed by atoms with van der Waals surface area (Å²) in [5.74, 6) is 4.17. The monoisotopic (exact) mass is 190 g/mol. The zero-order valence-electron chi connectivity index (χ0n) is 9.83. The van der Waals surface area contributed by atoms with Gasteiger partial charge in [0.05, 0.1) is 0 Å². The molecule has 2 aliphatic carbocycles. The first-order valence-electron chi connectivity index (χ1n) is 5.99. The molecule has 0 aromatic carbocycles. The maximum absolute atomic E-state index is 2.42. The van der Waals surface area contributed by atoms with Gasteiger partial charge in [-0.3, -0.25) is 0 Å². The van der Waals surface area contributed by atoms with Crippen molar-refractivity contribution in [2.24, 2.45) is 29.6 Å². The highest BCUT2D eigenvalue weighted by Crippen LogP contribution is 2.50. The predicted molar refractivity (Wildman–Crippen MR) is 62.0 cm³/mol. The molecule has 14 heavy (non-hydrogen) atoms. The minimum Gasteiger partial charge on any atom is -0.0770 e. The second-order valence-corrected chi connectivity index (χ2v) is 5.57. The Morgan fingerprint density at radius 3 is 2.43 bits per heavy atom. The lowest BCUT2D eigenvalue weighted by Crippen LogP contribution is -2.12. The molecule has 1 fully saturated rings. The molecule has 78 valence electrons. The molecular formula is C14H22. The van der Waals surface area contributed by atoms with Crippen LogP contribution in [-0.4, -0.2) is 0 Å². The van der Waals surface area contributed by atoms with Crippen LogP contribution >= 0.6 is 0 Å². The van der Waals surface area contributed by atoms with Gasteiger partial charge in [-0.25, -0.2) is 0 Å². The van der Waals surface area contributed by atoms with Crippen LogP contribution in [0.15, 0.2) is 23.8 Å². The van der Waals surface area contributed by atoms with Crippen molar-refractivity contribution in [1.82, 2.24) is 0 Å². The quantitative estimate of drug-likeness (QED) is 0.616. The highest BCUT2D eigenvalue weighted by Gasteiger charge is 2.40. The van der Waals surface area contributed by atoms with Crippen LogP contribution < -0.4 is 0 Å². The molecule has 0 saturated heterocycles. The fourth-order valence-electron chi connectivity index (χ4n) is 3.19. The van der Waals surface area contributed by atoms with Gasteiger partial charge in [0.15, 0.2) is 0 Å². The summed E-state index contributed by atoms with van der Waals surface area (Å²) in [6.45, 7) is 9.47. The Balaban J connectivity index is 2.21. The number of hydrogen-bond donors (Lipinski definition) is 0. The minimum absolute atomic E-state index is 0.780. The van der Waals surface area contributed by atoms with Crippen molar-refractivity contribution in [3.05, 3.63) is 23.8 Å². The van der Waals surface area contributed by atoms with Gasteiger partial charge in [0, 0.05) is 5.92 Å². The lowest BCUT2D eigenvalue weighted by molar-refractivity contribution is 0.322. The number of fused-ring (bicyclic) bond motifs is 1. The molecule has 0 heterocycles. The molecule has 0 amide bonds. The largest absolute Gasteiger partial charge is 0.0770 e. The zero-order chi connectivity index (χ0) is 10.3. The Bertz CT molecular complexity index is 268. The second-order valence-electron chi connectivity index (χ2n) is 5.57. The summed E-state index contributed by atoms with van der Waals surface area (Å²) in [5, 5.41) is 0. The van der Waals surface area contributed by atoms with Crippen LogP contribution in [0.1, 0.15) is 34.1 Å². The molecule has 1 saturated carbocycles. The van der Waals surface area contributed by atoms with E-state index in [0.29, 0.717) is 0 Å². The van der Waals surface area contributed by atoms with Gasteiger partial charge in [0.25, 0.3) is 0 Å². The molecule has 3 atom stereocenters. The Kier molecular flexibility index (Phi) is 2.55. The van der Waals surface area contributed by atoms with Crippen molar-refractivity contribution < 1.29 is 0 Å². The van der Waals surface area contributed by atoms with E-state index in [-0.39, 0.29) is 0 Å². The first-order chi connectivity index (χ1) is 6.61. The first-order valence-corrected chi connectivity index (χ1v) is 5.99. The van der Waals surface area contributed by atoms with Crippen LogP contribution in [0.25, 0.3) is 0 Å². The van der Waals surface area contributed by atoms with E-state index < -0.39 is 0 Å². The molecule has 0 aliphatic heterocycles. The van der Waals surface area contributed by atoms with Crippen molar-refractivity contribution in [3.63, 3.8) is 0 Å². The molecule has 0 spiro atoms. The van der Waals surface area contributed by atoms with E-state index in [2.05, 4.69) is 45.9 Å². The number of hydrogen-bond acceptors (Lipinski definition) is 0. The molecule has 3 unspecified atom stereocenters. The van der Waals surface area contributed by atoms with Crippen LogP contribution in [0, 0.1) is 29.6 Å². The van der Waals surface area contributed by atoms with E-state index in [9.17, 15) is 0 Å². The van der Waals surface area contributed by atoms with Crippen LogP contribution in [0.2, 0.25) is 0 Å². The Morgan fingerprint density at radius 1 is 1.14 bits per heavy atom. The van der Waals surface area contributed by atoms with Gasteiger partial charge in [-0.05, 0) is 30.1 Å². The van der Waals surface area contributed by atoms with Crippen molar-refractivity contribution in [2.75, 3.05) is 0 Å². The van der Waals surface area contributed by atoms with Crippen molar-refractivity contribution >= 4 is 0 Å². The summed E-state index contributed by atoms with van der Waals surface area (Å²) in [6.07, 6.45) is 8.47. The maximum Gasteiger partial charge on any atom is 0.00168 e. The Morgan fingerprint density at radius 2 is 1.86 bits per heavy atom. The highest BCUT2D eigenvalue weighted by atomic mass is 14.4. The topological polar surface area (TPSA) is 0 Å². The molecule has 0 nitrogen and oxygen atoms in total. The summed E-state index contributed by atoms with van der Waals surface area (Å²) in [7, 11) is 0. The maximum atomic E-state index is 2.42. The summed E-state index contributed by atoms with van der Waals surface area (Å²) >= 11 is 0. The third-order valence-electron chi connectivity index (χ3n) is 4.07. The number of allylic oxidation sites excluding steroid dienone is 4. The van der Waals surface area contributed by atoms with E-state index in [4.69, 9.17) is 0 Å². The smallest absolute Gasteiger partial charge is 0.00168 e. The molecule has 0 aromatic heterocycles. The average molecular weight is 190 g/mol. The molecule has 0 heteroatoms. The summed E-state index contributed by atoms with van der Waals surface area (Å²) in [4.78, 5) is 0. The summed E-state index contributed by atoms with van der Waals surface area (Å²) < 4.78 is 0. The van der Waals surface area contributed by atoms with Gasteiger partial charge >= 0.3 is 0 Å². The van der Waals surface area contributed by atoms with Crippen molar-refractivity contribution in [3.8, 4) is 0 Å². The van der Waals surface area contributed by atoms with E-state index >= 15 is 0 Å². The Hall–Kier alpha value is -0.520. The SMILES string of the molecule is CC(C)C1CC(C(C)C)C2C=CC=C21. The molecule has 2 aliphatic rings. The standard InChI is InChI=1S/C14H22/c1-9(2)13-8-14(10(3)4)12-7-5-6-11(12)13/h5-7,9-11,13-14H,8H2,1-4H3. The van der Waals surface area contributed by atoms with Gasteiger partial charge < -0.3 is 0 Å². The summed E-state index contributed by atoms with van der Waals surface area (Å²) in [6, 6.07) is 0. The lowest BCUT2D eigenvalue weighted by Gasteiger charge is -2.19. The molecule has 0 bridgehead atoms. The average Bonchev–Trinajstić information content (AvgIpc) is 2.59. The lowest BCUT2D eigenvalue weighted by atomic mass is 9.86. The fourth-order valence-corrected chi connectivity index (χ4v) is 3.19. The van der Waals surface area contributed by atoms with Crippen LogP contribution in [0.5, 0.6) is 0 Å². The molecule has 2 rings (SSSR count). The normalized spacial score (nSPS) is 35.6. The van der Waals surface area contributed by atoms with Crippen molar-refractivity contribution in [2.45, 2.75) is 34.1 Å². The first kappa shape index (κ1) is 10.0. The van der Waals surface area contributed by atoms with E-state index in [1.807, 2.05) is 0 Å². The van der Waals surface area contributed by atoms with E-state index in [0.717, 1.165) is 29.6 Å². The van der Waals surface area contributed by atoms with Crippen LogP contribution in [-0.2, 0) is 0 Å². The van der Waals surface area contributed by atoms with Gasteiger partial charge in [-0.1, -0.05) is 51.5 Å². The van der Waals surface area contributed by atoms with Crippen molar-refractivity contribution in [1.29, 1.82) is 0 Å². The number of rotatable bonds is 2. The predicted octanol–water partition coefficient (Wildman–Crippen LogP) is 4.05. The van der Waals surface area contributed by atoms with Gasteiger partial charge in [0.2, 0.25) is 0 Å². The minimum atomic E-state index is 0.780. The third-order valence-corrected chi connectivity index (χ3v) is 4.07. The van der Waals surface area contributed by atoms with E-state index in [1.165, 1.54) is 6.42 Å². The highest BCUT2D eigenvalue weighted by molar-refractivity contribution is 5.34. The molecular weight excluding hydrogens is 168 g/mol. The Labute approximate surface area is 88.1 Å². The van der Waals surface area contributed by atoms with Crippen LogP contribution in [0.3, 0.4) is 0 Å². The van der Waals surface area contributed by atoms with Gasteiger partial charge in [-0.15, -0.1) is 0 Å². The molecule has 0 radical (unpaired) electrons. The second kappa shape index (κ2) is 3.56. The van der Waals surface area contributed by atoms with Gasteiger partial charge in [-0.2, -0.15) is 0 Å². The van der Waals surface area contributed by atoms with Gasteiger partial charge in [0.1, 0.15) is 0 Å². The fraction of sp³-hybridized carbons (Fsp3) is 0.714. The van der Waals surface area contributed by atoms with Crippen LogP contribution in [0.4, 0.5) is 0 Å². The van der Waals surface area contributed by atoms with E-state index in [1.54, 1.807) is 5.57 Å². The molecule has 0 N–H and O–H groups in total. The third kappa shape index (κ3) is 1.45. The molecule has 0 aromatic rings.